The Morgan fingerprint density at radius 2 is 1.86 bits per heavy atom. The first-order valence-corrected chi connectivity index (χ1v) is 2.46. The van der Waals surface area contributed by atoms with Gasteiger partial charge in [0.15, 0.2) is 0 Å². The molecule has 0 heterocycles. The molecular weight excluding hydrogens is 115 g/mol. The van der Waals surface area contributed by atoms with Gasteiger partial charge in [0.1, 0.15) is 0 Å². The van der Waals surface area contributed by atoms with Gasteiger partial charge in [-0.05, 0) is 0 Å². The molecule has 1 N–H and O–H groups in total. The van der Waals surface area contributed by atoms with Crippen molar-refractivity contribution in [1.82, 2.24) is 0 Å². The largest absolute Gasteiger partial charge is 1.00 e. The van der Waals surface area contributed by atoms with Crippen LogP contribution in [0, 0.1) is 0 Å². The summed E-state index contributed by atoms with van der Waals surface area (Å²) in [5.74, 6) is 0. The summed E-state index contributed by atoms with van der Waals surface area (Å²) in [7, 11) is -3.29. The van der Waals surface area contributed by atoms with E-state index < -0.39 is 10.4 Å². The molecule has 0 spiro atoms. The topological polar surface area (TPSA) is 63.6 Å². The fourth-order valence-corrected chi connectivity index (χ4v) is 0. The van der Waals surface area contributed by atoms with Crippen LogP contribution in [0.25, 0.3) is 0 Å². The van der Waals surface area contributed by atoms with Crippen LogP contribution >= 0.6 is 0 Å². The fourth-order valence-electron chi connectivity index (χ4n) is 0. The average molecular weight is 120 g/mol. The van der Waals surface area contributed by atoms with Gasteiger partial charge in [-0.3, -0.25) is 8.74 Å². The van der Waals surface area contributed by atoms with Crippen LogP contribution in [-0.2, 0) is 14.6 Å². The Bertz CT molecular complexity index is 118. The Balaban J connectivity index is -0.000000125. The first-order valence-electron chi connectivity index (χ1n) is 1.09. The zero-order valence-corrected chi connectivity index (χ0v) is 4.90. The van der Waals surface area contributed by atoms with E-state index >= 15 is 0 Å². The van der Waals surface area contributed by atoms with Crippen molar-refractivity contribution < 1.29 is 37.4 Å². The Kier molecular flexibility index (Phi) is 5.18. The van der Waals surface area contributed by atoms with E-state index in [9.17, 15) is 8.42 Å². The standard InChI is InChI=1S/CH4O4S.Li.H/c1-5-6(2,3)4;;/h1H3,(H,2,3,4);;/q;+1;-1. The maximum atomic E-state index is 9.33. The SMILES string of the molecule is COS(=O)(=O)O.[H-].[Li+]. The Hall–Kier alpha value is 0.467. The second-order valence-electron chi connectivity index (χ2n) is 0.594. The summed E-state index contributed by atoms with van der Waals surface area (Å²) in [6.07, 6.45) is 0. The molecule has 40 valence electrons. The molecule has 0 amide bonds. The zero-order valence-electron chi connectivity index (χ0n) is 5.08. The van der Waals surface area contributed by atoms with Crippen LogP contribution in [0.2, 0.25) is 0 Å². The van der Waals surface area contributed by atoms with Gasteiger partial charge in [-0.2, -0.15) is 8.42 Å². The van der Waals surface area contributed by atoms with Gasteiger partial charge in [0.2, 0.25) is 0 Å². The minimum Gasteiger partial charge on any atom is -1.00 e. The summed E-state index contributed by atoms with van der Waals surface area (Å²) in [4.78, 5) is 0. The van der Waals surface area contributed by atoms with Gasteiger partial charge >= 0.3 is 29.3 Å². The molecule has 7 heavy (non-hydrogen) atoms. The van der Waals surface area contributed by atoms with Crippen LogP contribution in [0.4, 0.5) is 0 Å². The van der Waals surface area contributed by atoms with E-state index in [2.05, 4.69) is 4.18 Å². The van der Waals surface area contributed by atoms with Crippen LogP contribution in [0.1, 0.15) is 1.43 Å². The summed E-state index contributed by atoms with van der Waals surface area (Å²) in [6, 6.07) is 0. The van der Waals surface area contributed by atoms with E-state index in [4.69, 9.17) is 4.55 Å². The van der Waals surface area contributed by atoms with E-state index in [0.717, 1.165) is 7.11 Å². The summed E-state index contributed by atoms with van der Waals surface area (Å²) in [6.45, 7) is 0. The second-order valence-corrected chi connectivity index (χ2v) is 1.78. The monoisotopic (exact) mass is 120 g/mol. The van der Waals surface area contributed by atoms with Crippen molar-refractivity contribution in [2.24, 2.45) is 0 Å². The molecule has 0 aliphatic rings. The number of rotatable bonds is 1. The van der Waals surface area contributed by atoms with E-state index in [1.54, 1.807) is 0 Å². The molecule has 0 fully saturated rings. The van der Waals surface area contributed by atoms with Crippen molar-refractivity contribution in [3.05, 3.63) is 0 Å². The quantitative estimate of drug-likeness (QED) is 0.289. The molecule has 0 saturated heterocycles. The van der Waals surface area contributed by atoms with Gasteiger partial charge in [0.25, 0.3) is 0 Å². The smallest absolute Gasteiger partial charge is 1.00 e. The minimum absolute atomic E-state index is 0. The fraction of sp³-hybridized carbons (Fsp3) is 1.00. The summed E-state index contributed by atoms with van der Waals surface area (Å²) in [5.41, 5.74) is 0. The molecule has 0 rings (SSSR count). The molecule has 0 saturated carbocycles. The van der Waals surface area contributed by atoms with Gasteiger partial charge in [0, 0.05) is 0 Å². The zero-order chi connectivity index (χ0) is 5.21. The maximum absolute atomic E-state index is 9.33. The summed E-state index contributed by atoms with van der Waals surface area (Å²) >= 11 is 0. The van der Waals surface area contributed by atoms with Crippen LogP contribution in [-0.4, -0.2) is 20.1 Å². The van der Waals surface area contributed by atoms with E-state index in [1.165, 1.54) is 0 Å². The van der Waals surface area contributed by atoms with Crippen molar-refractivity contribution >= 4 is 10.4 Å². The third-order valence-corrected chi connectivity index (χ3v) is 0.632. The van der Waals surface area contributed by atoms with E-state index in [-0.39, 0.29) is 20.3 Å². The maximum Gasteiger partial charge on any atom is 1.00 e. The van der Waals surface area contributed by atoms with Crippen molar-refractivity contribution in [2.75, 3.05) is 7.11 Å². The average Bonchev–Trinajstić information content (AvgIpc) is 1.35. The van der Waals surface area contributed by atoms with Crippen LogP contribution in [0.15, 0.2) is 0 Å². The molecule has 0 unspecified atom stereocenters. The molecule has 0 aromatic heterocycles. The molecule has 0 aromatic rings. The van der Waals surface area contributed by atoms with Crippen molar-refractivity contribution in [3.63, 3.8) is 0 Å². The Morgan fingerprint density at radius 3 is 1.86 bits per heavy atom. The van der Waals surface area contributed by atoms with Crippen LogP contribution in [0.3, 0.4) is 0 Å². The molecule has 6 heteroatoms. The van der Waals surface area contributed by atoms with Crippen molar-refractivity contribution in [2.45, 2.75) is 0 Å². The molecule has 0 aromatic carbocycles. The molecule has 4 nitrogen and oxygen atoms in total. The number of hydrogen-bond acceptors (Lipinski definition) is 3. The third-order valence-electron chi connectivity index (χ3n) is 0.211. The Labute approximate surface area is 55.5 Å². The normalized spacial score (nSPS) is 10.0. The molecule has 0 radical (unpaired) electrons. The Morgan fingerprint density at radius 1 is 1.71 bits per heavy atom. The van der Waals surface area contributed by atoms with Crippen molar-refractivity contribution in [3.8, 4) is 0 Å². The third kappa shape index (κ3) is 10.7. The summed E-state index contributed by atoms with van der Waals surface area (Å²) in [5, 5.41) is 0. The second kappa shape index (κ2) is 3.47. The molecule has 0 atom stereocenters. The molecular formula is CH5LiO4S. The summed E-state index contributed by atoms with van der Waals surface area (Å²) < 4.78 is 29.7. The van der Waals surface area contributed by atoms with Gasteiger partial charge in [-0.25, -0.2) is 0 Å². The first-order chi connectivity index (χ1) is 2.56. The molecule has 0 aliphatic heterocycles. The molecule has 0 aliphatic carbocycles. The van der Waals surface area contributed by atoms with Crippen LogP contribution in [0.5, 0.6) is 0 Å². The molecule has 0 bridgehead atoms. The van der Waals surface area contributed by atoms with Crippen LogP contribution < -0.4 is 18.9 Å². The van der Waals surface area contributed by atoms with Gasteiger partial charge in [0.05, 0.1) is 7.11 Å². The predicted octanol–water partition coefficient (Wildman–Crippen LogP) is -3.45. The minimum atomic E-state index is -4.16. The van der Waals surface area contributed by atoms with Crippen molar-refractivity contribution in [1.29, 1.82) is 0 Å². The van der Waals surface area contributed by atoms with Gasteiger partial charge in [-0.1, -0.05) is 0 Å². The van der Waals surface area contributed by atoms with Gasteiger partial charge < -0.3 is 1.43 Å². The predicted molar refractivity (Wildman–Crippen MR) is 19.7 cm³/mol. The van der Waals surface area contributed by atoms with Gasteiger partial charge in [-0.15, -0.1) is 0 Å². The number of hydrogen-bond donors (Lipinski definition) is 1. The first kappa shape index (κ1) is 10.4. The van der Waals surface area contributed by atoms with E-state index in [1.807, 2.05) is 0 Å². The van der Waals surface area contributed by atoms with E-state index in [0.29, 0.717) is 0 Å².